The number of nitrogens with zero attached hydrogens (tertiary/aromatic N) is 3. The number of methoxy groups -OCH3 is 1. The van der Waals surface area contributed by atoms with Gasteiger partial charge >= 0.3 is 6.09 Å². The zero-order valence-electron chi connectivity index (χ0n) is 31.2. The molecule has 2 aromatic carbocycles. The second kappa shape index (κ2) is 17.5. The summed E-state index contributed by atoms with van der Waals surface area (Å²) < 4.78 is 38.3. The standard InChI is InChI=1S/C39H56FN3O7/c1-9-27-22-33(32-23-28(13-14-34(32)40)36(44)41(7)29-15-20-48-21-16-29)35(49-19-11-18-47-8)24-31(27)37(45)43(26(2)3)30-12-10-17-42(25-30)38(46)50-39(4,5)6/h13-14,22-24,26,29-30H,9-12,15-21,25H2,1-8H3. The van der Waals surface area contributed by atoms with Crippen LogP contribution in [0.25, 0.3) is 11.1 Å². The van der Waals surface area contributed by atoms with Crippen LogP contribution < -0.4 is 4.74 Å². The maximum Gasteiger partial charge on any atom is 0.410 e. The second-order valence-corrected chi connectivity index (χ2v) is 14.5. The van der Waals surface area contributed by atoms with Crippen LogP contribution in [-0.4, -0.2) is 110 Å². The number of hydrogen-bond donors (Lipinski definition) is 0. The molecule has 50 heavy (non-hydrogen) atoms. The van der Waals surface area contributed by atoms with Crippen molar-refractivity contribution in [3.63, 3.8) is 0 Å². The van der Waals surface area contributed by atoms with Gasteiger partial charge in [0.15, 0.2) is 0 Å². The number of halogens is 1. The Balaban J connectivity index is 1.72. The number of likely N-dealkylation sites (tertiary alicyclic amines) is 1. The number of hydrogen-bond acceptors (Lipinski definition) is 7. The molecule has 0 saturated carbocycles. The Kier molecular flexibility index (Phi) is 13.7. The van der Waals surface area contributed by atoms with Gasteiger partial charge in [0.1, 0.15) is 17.2 Å². The normalized spacial score (nSPS) is 17.1. The Hall–Kier alpha value is -3.70. The Bertz CT molecular complexity index is 1480. The van der Waals surface area contributed by atoms with Crippen molar-refractivity contribution in [1.29, 1.82) is 0 Å². The number of aryl methyl sites for hydroxylation is 1. The predicted molar refractivity (Wildman–Crippen MR) is 191 cm³/mol. The highest BCUT2D eigenvalue weighted by molar-refractivity contribution is 5.99. The van der Waals surface area contributed by atoms with Crippen LogP contribution in [0.2, 0.25) is 0 Å². The molecule has 3 amide bonds. The van der Waals surface area contributed by atoms with E-state index in [-0.39, 0.29) is 48.2 Å². The minimum Gasteiger partial charge on any atom is -0.493 e. The number of ether oxygens (including phenoxy) is 4. The lowest BCUT2D eigenvalue weighted by molar-refractivity contribution is 0.00749. The molecule has 10 nitrogen and oxygen atoms in total. The molecule has 0 N–H and O–H groups in total. The SMILES string of the molecule is CCc1cc(-c2cc(C(=O)N(C)C3CCOCC3)ccc2F)c(OCCCOC)cc1C(=O)N(C(C)C)C1CCCN(C(=O)OC(C)(C)C)C1. The van der Waals surface area contributed by atoms with Gasteiger partial charge in [0.2, 0.25) is 0 Å². The topological polar surface area (TPSA) is 97.8 Å². The third-order valence-electron chi connectivity index (χ3n) is 9.36. The number of benzene rings is 2. The first-order valence-electron chi connectivity index (χ1n) is 18.0. The zero-order valence-corrected chi connectivity index (χ0v) is 31.2. The van der Waals surface area contributed by atoms with E-state index in [0.717, 1.165) is 31.2 Å². The molecule has 0 spiro atoms. The summed E-state index contributed by atoms with van der Waals surface area (Å²) in [6.45, 7) is 14.3. The van der Waals surface area contributed by atoms with Gasteiger partial charge in [-0.1, -0.05) is 6.92 Å². The fourth-order valence-corrected chi connectivity index (χ4v) is 6.77. The minimum atomic E-state index is -0.623. The van der Waals surface area contributed by atoms with Crippen molar-refractivity contribution in [2.45, 2.75) is 104 Å². The van der Waals surface area contributed by atoms with Crippen molar-refractivity contribution in [3.8, 4) is 16.9 Å². The predicted octanol–water partition coefficient (Wildman–Crippen LogP) is 6.97. The van der Waals surface area contributed by atoms with E-state index in [9.17, 15) is 14.4 Å². The van der Waals surface area contributed by atoms with Crippen molar-refractivity contribution < 1.29 is 37.7 Å². The summed E-state index contributed by atoms with van der Waals surface area (Å²) in [6.07, 6.45) is 3.70. The highest BCUT2D eigenvalue weighted by atomic mass is 19.1. The van der Waals surface area contributed by atoms with Crippen LogP contribution in [0.5, 0.6) is 5.75 Å². The van der Waals surface area contributed by atoms with Crippen molar-refractivity contribution in [2.75, 3.05) is 53.7 Å². The van der Waals surface area contributed by atoms with E-state index in [0.29, 0.717) is 68.2 Å². The van der Waals surface area contributed by atoms with E-state index in [1.54, 1.807) is 36.1 Å². The number of rotatable bonds is 12. The Morgan fingerprint density at radius 2 is 1.72 bits per heavy atom. The van der Waals surface area contributed by atoms with Crippen LogP contribution in [0.1, 0.15) is 99.9 Å². The molecule has 2 aliphatic heterocycles. The van der Waals surface area contributed by atoms with Gasteiger partial charge in [0.25, 0.3) is 11.8 Å². The molecule has 2 aromatic rings. The van der Waals surface area contributed by atoms with Gasteiger partial charge < -0.3 is 33.6 Å². The fraction of sp³-hybridized carbons (Fsp3) is 0.615. The third-order valence-corrected chi connectivity index (χ3v) is 9.36. The summed E-state index contributed by atoms with van der Waals surface area (Å²) in [6, 6.07) is 7.63. The van der Waals surface area contributed by atoms with Gasteiger partial charge in [0.05, 0.1) is 12.6 Å². The zero-order chi connectivity index (χ0) is 36.6. The van der Waals surface area contributed by atoms with Crippen LogP contribution in [-0.2, 0) is 20.6 Å². The molecule has 2 aliphatic rings. The molecule has 4 rings (SSSR count). The average molecular weight is 698 g/mol. The summed E-state index contributed by atoms with van der Waals surface area (Å²) >= 11 is 0. The van der Waals surface area contributed by atoms with E-state index in [1.807, 2.05) is 52.5 Å². The van der Waals surface area contributed by atoms with Crippen LogP contribution in [0, 0.1) is 5.82 Å². The van der Waals surface area contributed by atoms with Crippen LogP contribution >= 0.6 is 0 Å². The van der Waals surface area contributed by atoms with Crippen molar-refractivity contribution >= 4 is 17.9 Å². The Labute approximate surface area is 297 Å². The Morgan fingerprint density at radius 1 is 1.00 bits per heavy atom. The highest BCUT2D eigenvalue weighted by Gasteiger charge is 2.35. The van der Waals surface area contributed by atoms with Crippen molar-refractivity contribution in [3.05, 3.63) is 52.8 Å². The largest absolute Gasteiger partial charge is 0.493 e. The number of piperidine rings is 1. The third kappa shape index (κ3) is 9.75. The van der Waals surface area contributed by atoms with Gasteiger partial charge in [-0.3, -0.25) is 9.59 Å². The second-order valence-electron chi connectivity index (χ2n) is 14.5. The monoisotopic (exact) mass is 697 g/mol. The molecule has 2 saturated heterocycles. The summed E-state index contributed by atoms with van der Waals surface area (Å²) in [7, 11) is 3.39. The van der Waals surface area contributed by atoms with E-state index in [2.05, 4.69) is 0 Å². The molecular formula is C39H56FN3O7. The molecule has 2 heterocycles. The minimum absolute atomic E-state index is 0.0469. The summed E-state index contributed by atoms with van der Waals surface area (Å²) in [5, 5.41) is 0. The number of carbonyl (C=O) groups excluding carboxylic acids is 3. The molecular weight excluding hydrogens is 641 g/mol. The Morgan fingerprint density at radius 3 is 2.36 bits per heavy atom. The van der Waals surface area contributed by atoms with Crippen molar-refractivity contribution in [2.24, 2.45) is 0 Å². The molecule has 1 atom stereocenters. The number of carbonyl (C=O) groups is 3. The number of amides is 3. The van der Waals surface area contributed by atoms with Gasteiger partial charge in [-0.15, -0.1) is 0 Å². The van der Waals surface area contributed by atoms with Gasteiger partial charge in [-0.25, -0.2) is 9.18 Å². The molecule has 0 radical (unpaired) electrons. The first-order chi connectivity index (χ1) is 23.7. The first kappa shape index (κ1) is 39.1. The van der Waals surface area contributed by atoms with E-state index >= 15 is 4.39 Å². The fourth-order valence-electron chi connectivity index (χ4n) is 6.77. The molecule has 11 heteroatoms. The molecule has 2 fully saturated rings. The lowest BCUT2D eigenvalue weighted by atomic mass is 9.93. The van der Waals surface area contributed by atoms with Crippen LogP contribution in [0.3, 0.4) is 0 Å². The average Bonchev–Trinajstić information content (AvgIpc) is 3.09. The van der Waals surface area contributed by atoms with Crippen molar-refractivity contribution in [1.82, 2.24) is 14.7 Å². The van der Waals surface area contributed by atoms with Crippen LogP contribution in [0.15, 0.2) is 30.3 Å². The van der Waals surface area contributed by atoms with Gasteiger partial charge in [-0.05, 0) is 103 Å². The molecule has 0 bridgehead atoms. The molecule has 0 aromatic heterocycles. The lowest BCUT2D eigenvalue weighted by Crippen LogP contribution is -2.54. The summed E-state index contributed by atoms with van der Waals surface area (Å²) in [5.74, 6) is -0.510. The lowest BCUT2D eigenvalue weighted by Gasteiger charge is -2.42. The first-order valence-corrected chi connectivity index (χ1v) is 18.0. The van der Waals surface area contributed by atoms with Crippen LogP contribution in [0.4, 0.5) is 9.18 Å². The maximum absolute atomic E-state index is 15.7. The van der Waals surface area contributed by atoms with E-state index < -0.39 is 11.4 Å². The summed E-state index contributed by atoms with van der Waals surface area (Å²) in [4.78, 5) is 46.4. The smallest absolute Gasteiger partial charge is 0.410 e. The summed E-state index contributed by atoms with van der Waals surface area (Å²) in [5.41, 5.74) is 1.65. The van der Waals surface area contributed by atoms with E-state index in [1.165, 1.54) is 12.1 Å². The van der Waals surface area contributed by atoms with Gasteiger partial charge in [0, 0.05) is 87.8 Å². The van der Waals surface area contributed by atoms with E-state index in [4.69, 9.17) is 18.9 Å². The quantitative estimate of drug-likeness (QED) is 0.221. The maximum atomic E-state index is 15.7. The molecule has 276 valence electrons. The molecule has 0 aliphatic carbocycles. The van der Waals surface area contributed by atoms with Gasteiger partial charge in [-0.2, -0.15) is 0 Å². The molecule has 1 unspecified atom stereocenters. The highest BCUT2D eigenvalue weighted by Crippen LogP contribution is 2.37.